The summed E-state index contributed by atoms with van der Waals surface area (Å²) >= 11 is 0. The van der Waals surface area contributed by atoms with Crippen molar-refractivity contribution in [2.45, 2.75) is 34.1 Å². The lowest BCUT2D eigenvalue weighted by molar-refractivity contribution is 0.650. The van der Waals surface area contributed by atoms with E-state index in [0.29, 0.717) is 5.92 Å². The molecule has 0 saturated carbocycles. The van der Waals surface area contributed by atoms with Crippen molar-refractivity contribution in [2.75, 3.05) is 0 Å². The van der Waals surface area contributed by atoms with Crippen molar-refractivity contribution in [3.05, 3.63) is 65.2 Å². The summed E-state index contributed by atoms with van der Waals surface area (Å²) in [7, 11) is 0. The lowest BCUT2D eigenvalue weighted by atomic mass is 9.96. The molecule has 0 spiro atoms. The van der Waals surface area contributed by atoms with Crippen LogP contribution < -0.4 is 0 Å². The van der Waals surface area contributed by atoms with Crippen molar-refractivity contribution in [2.24, 2.45) is 5.92 Å². The predicted octanol–water partition coefficient (Wildman–Crippen LogP) is 5.72. The monoisotopic (exact) mass is 289 g/mol. The molecule has 0 saturated heterocycles. The zero-order chi connectivity index (χ0) is 15.7. The zero-order valence-electron chi connectivity index (χ0n) is 13.9. The van der Waals surface area contributed by atoms with Gasteiger partial charge in [-0.15, -0.1) is 0 Å². The average Bonchev–Trinajstić information content (AvgIpc) is 2.45. The third kappa shape index (κ3) is 3.04. The Morgan fingerprint density at radius 1 is 0.909 bits per heavy atom. The smallest absolute Gasteiger partial charge is 0.0712 e. The Morgan fingerprint density at radius 3 is 2.27 bits per heavy atom. The minimum absolute atomic E-state index is 0.637. The third-order valence-electron chi connectivity index (χ3n) is 3.95. The van der Waals surface area contributed by atoms with Crippen LogP contribution in [0.2, 0.25) is 0 Å². The number of para-hydroxylation sites is 1. The number of nitrogens with zero attached hydrogens (tertiary/aromatic N) is 1. The minimum atomic E-state index is 0.637. The second-order valence-electron chi connectivity index (χ2n) is 6.66. The third-order valence-corrected chi connectivity index (χ3v) is 3.95. The van der Waals surface area contributed by atoms with Crippen LogP contribution in [-0.4, -0.2) is 4.98 Å². The van der Waals surface area contributed by atoms with Gasteiger partial charge >= 0.3 is 0 Å². The second kappa shape index (κ2) is 5.92. The molecular formula is C21H23N. The molecule has 0 aliphatic rings. The highest BCUT2D eigenvalue weighted by molar-refractivity contribution is 5.85. The minimum Gasteiger partial charge on any atom is -0.248 e. The molecule has 1 heterocycles. The summed E-state index contributed by atoms with van der Waals surface area (Å²) in [5.74, 6) is 0.637. The molecule has 0 fully saturated rings. The normalized spacial score (nSPS) is 11.3. The Labute approximate surface area is 133 Å². The van der Waals surface area contributed by atoms with Gasteiger partial charge in [-0.2, -0.15) is 0 Å². The van der Waals surface area contributed by atoms with E-state index in [1.54, 1.807) is 0 Å². The summed E-state index contributed by atoms with van der Waals surface area (Å²) < 4.78 is 0. The zero-order valence-corrected chi connectivity index (χ0v) is 13.9. The van der Waals surface area contributed by atoms with Gasteiger partial charge < -0.3 is 0 Å². The molecular weight excluding hydrogens is 266 g/mol. The topological polar surface area (TPSA) is 12.9 Å². The van der Waals surface area contributed by atoms with Gasteiger partial charge in [0.1, 0.15) is 0 Å². The van der Waals surface area contributed by atoms with E-state index in [1.165, 1.54) is 27.6 Å². The maximum absolute atomic E-state index is 4.90. The van der Waals surface area contributed by atoms with Crippen molar-refractivity contribution in [3.8, 4) is 11.3 Å². The number of aryl methyl sites for hydroxylation is 2. The van der Waals surface area contributed by atoms with E-state index < -0.39 is 0 Å². The van der Waals surface area contributed by atoms with E-state index in [0.717, 1.165) is 17.6 Å². The Morgan fingerprint density at radius 2 is 1.59 bits per heavy atom. The number of hydrogen-bond donors (Lipinski definition) is 0. The molecule has 0 radical (unpaired) electrons. The summed E-state index contributed by atoms with van der Waals surface area (Å²) in [5.41, 5.74) is 7.37. The van der Waals surface area contributed by atoms with Crippen molar-refractivity contribution in [3.63, 3.8) is 0 Å². The number of fused-ring (bicyclic) bond motifs is 1. The fourth-order valence-corrected chi connectivity index (χ4v) is 3.13. The fraction of sp³-hybridized carbons (Fsp3) is 0.286. The molecule has 1 nitrogen and oxygen atoms in total. The highest BCUT2D eigenvalue weighted by Crippen LogP contribution is 2.27. The van der Waals surface area contributed by atoms with Gasteiger partial charge in [-0.05, 0) is 56.0 Å². The van der Waals surface area contributed by atoms with E-state index in [9.17, 15) is 0 Å². The molecule has 112 valence electrons. The van der Waals surface area contributed by atoms with Gasteiger partial charge in [-0.25, -0.2) is 4.98 Å². The Balaban J connectivity index is 2.21. The highest BCUT2D eigenvalue weighted by atomic mass is 14.7. The molecule has 0 aliphatic heterocycles. The lowest BCUT2D eigenvalue weighted by Gasteiger charge is -2.12. The first kappa shape index (κ1) is 14.8. The number of pyridine rings is 1. The average molecular weight is 289 g/mol. The predicted molar refractivity (Wildman–Crippen MR) is 95.2 cm³/mol. The highest BCUT2D eigenvalue weighted by Gasteiger charge is 2.09. The quantitative estimate of drug-likeness (QED) is 0.601. The molecule has 1 aromatic heterocycles. The molecule has 3 aromatic rings. The lowest BCUT2D eigenvalue weighted by Crippen LogP contribution is -1.98. The van der Waals surface area contributed by atoms with E-state index in [1.807, 2.05) is 0 Å². The van der Waals surface area contributed by atoms with Gasteiger partial charge in [0.15, 0.2) is 0 Å². The van der Waals surface area contributed by atoms with Crippen LogP contribution in [0.25, 0.3) is 22.2 Å². The molecule has 0 aliphatic carbocycles. The van der Waals surface area contributed by atoms with Gasteiger partial charge in [-0.1, -0.05) is 49.2 Å². The van der Waals surface area contributed by atoms with Crippen LogP contribution in [-0.2, 0) is 6.42 Å². The number of rotatable bonds is 3. The van der Waals surface area contributed by atoms with Crippen LogP contribution in [0, 0.1) is 19.8 Å². The first-order chi connectivity index (χ1) is 10.5. The standard InChI is InChI=1S/C21H23N/c1-14(2)9-17-13-21(18-11-15(3)10-16(4)12-18)22-20-8-6-5-7-19(17)20/h5-8,10-14H,9H2,1-4H3. The Hall–Kier alpha value is -2.15. The van der Waals surface area contributed by atoms with Crippen LogP contribution in [0.5, 0.6) is 0 Å². The molecule has 2 aromatic carbocycles. The fourth-order valence-electron chi connectivity index (χ4n) is 3.13. The molecule has 0 unspecified atom stereocenters. The molecule has 22 heavy (non-hydrogen) atoms. The van der Waals surface area contributed by atoms with E-state index in [2.05, 4.69) is 76.2 Å². The van der Waals surface area contributed by atoms with Gasteiger partial charge in [0, 0.05) is 10.9 Å². The molecule has 0 atom stereocenters. The summed E-state index contributed by atoms with van der Waals surface area (Å²) in [6, 6.07) is 17.4. The SMILES string of the molecule is Cc1cc(C)cc(-c2cc(CC(C)C)c3ccccc3n2)c1. The van der Waals surface area contributed by atoms with Crippen molar-refractivity contribution >= 4 is 10.9 Å². The Kier molecular flexibility index (Phi) is 3.98. The van der Waals surface area contributed by atoms with Crippen LogP contribution in [0.4, 0.5) is 0 Å². The molecule has 0 amide bonds. The van der Waals surface area contributed by atoms with Gasteiger partial charge in [0.25, 0.3) is 0 Å². The van der Waals surface area contributed by atoms with Gasteiger partial charge in [-0.3, -0.25) is 0 Å². The summed E-state index contributed by atoms with van der Waals surface area (Å²) in [5, 5.41) is 1.28. The van der Waals surface area contributed by atoms with Crippen LogP contribution >= 0.6 is 0 Å². The second-order valence-corrected chi connectivity index (χ2v) is 6.66. The first-order valence-electron chi connectivity index (χ1n) is 8.00. The van der Waals surface area contributed by atoms with Gasteiger partial charge in [0.05, 0.1) is 11.2 Å². The van der Waals surface area contributed by atoms with Crippen LogP contribution in [0.3, 0.4) is 0 Å². The maximum Gasteiger partial charge on any atom is 0.0712 e. The first-order valence-corrected chi connectivity index (χ1v) is 8.00. The molecule has 0 N–H and O–H groups in total. The van der Waals surface area contributed by atoms with Gasteiger partial charge in [0.2, 0.25) is 0 Å². The van der Waals surface area contributed by atoms with Crippen LogP contribution in [0.15, 0.2) is 48.5 Å². The summed E-state index contributed by atoms with van der Waals surface area (Å²) in [4.78, 5) is 4.90. The van der Waals surface area contributed by atoms with Crippen LogP contribution in [0.1, 0.15) is 30.5 Å². The molecule has 1 heteroatoms. The largest absolute Gasteiger partial charge is 0.248 e. The molecule has 3 rings (SSSR count). The number of hydrogen-bond acceptors (Lipinski definition) is 1. The summed E-state index contributed by atoms with van der Waals surface area (Å²) in [6.45, 7) is 8.83. The summed E-state index contributed by atoms with van der Waals surface area (Å²) in [6.07, 6.45) is 1.08. The van der Waals surface area contributed by atoms with E-state index >= 15 is 0 Å². The molecule has 0 bridgehead atoms. The van der Waals surface area contributed by atoms with Crippen molar-refractivity contribution in [1.29, 1.82) is 0 Å². The van der Waals surface area contributed by atoms with Crippen molar-refractivity contribution in [1.82, 2.24) is 4.98 Å². The van der Waals surface area contributed by atoms with E-state index in [4.69, 9.17) is 4.98 Å². The van der Waals surface area contributed by atoms with Crippen molar-refractivity contribution < 1.29 is 0 Å². The maximum atomic E-state index is 4.90. The number of benzene rings is 2. The Bertz CT molecular complexity index is 795. The van der Waals surface area contributed by atoms with E-state index in [-0.39, 0.29) is 0 Å². The number of aromatic nitrogens is 1.